The summed E-state index contributed by atoms with van der Waals surface area (Å²) in [5, 5.41) is 1.64. The predicted octanol–water partition coefficient (Wildman–Crippen LogP) is 1.58. The normalized spacial score (nSPS) is 10.2. The van der Waals surface area contributed by atoms with E-state index in [2.05, 4.69) is 4.98 Å². The molecule has 2 rings (SSSR count). The lowest BCUT2D eigenvalue weighted by Crippen LogP contribution is -1.80. The minimum Gasteiger partial charge on any atom is -0.349 e. The lowest BCUT2D eigenvalue weighted by atomic mass is 10.2. The van der Waals surface area contributed by atoms with Crippen LogP contribution >= 0.6 is 0 Å². The summed E-state index contributed by atoms with van der Waals surface area (Å²) in [6.07, 6.45) is 1.62. The first-order valence-electron chi connectivity index (χ1n) is 3.78. The van der Waals surface area contributed by atoms with Gasteiger partial charge < -0.3 is 4.98 Å². The first-order chi connectivity index (χ1) is 6.29. The highest BCUT2D eigenvalue weighted by Crippen LogP contribution is 2.11. The Morgan fingerprint density at radius 1 is 1.08 bits per heavy atom. The minimum absolute atomic E-state index is 0.234. The lowest BCUT2D eigenvalue weighted by Gasteiger charge is -1.94. The van der Waals surface area contributed by atoms with Crippen molar-refractivity contribution in [1.82, 2.24) is 4.98 Å². The molecule has 0 saturated heterocycles. The molecule has 4 heteroatoms. The maximum atomic E-state index is 10.8. The zero-order chi connectivity index (χ0) is 9.26. The number of H-pyrrole nitrogens is 1. The van der Waals surface area contributed by atoms with Crippen LogP contribution in [-0.2, 0) is 10.3 Å². The molecule has 13 heavy (non-hydrogen) atoms. The van der Waals surface area contributed by atoms with Gasteiger partial charge in [0.2, 0.25) is 10.3 Å². The zero-order valence-electron chi connectivity index (χ0n) is 6.69. The summed E-state index contributed by atoms with van der Waals surface area (Å²) in [7, 11) is -2.21. The first kappa shape index (κ1) is 8.07. The molecule has 0 fully saturated rings. The van der Waals surface area contributed by atoms with Crippen LogP contribution in [0.25, 0.3) is 10.8 Å². The molecule has 0 aliphatic carbocycles. The molecule has 0 bridgehead atoms. The number of benzene rings is 1. The molecule has 0 radical (unpaired) electrons. The van der Waals surface area contributed by atoms with Gasteiger partial charge in [0.1, 0.15) is 0 Å². The summed E-state index contributed by atoms with van der Waals surface area (Å²) < 4.78 is 21.8. The number of rotatable bonds is 0. The van der Waals surface area contributed by atoms with Gasteiger partial charge >= 0.3 is 0 Å². The maximum Gasteiger partial charge on any atom is 0.238 e. The Labute approximate surface area is 76.2 Å². The molecule has 0 spiro atoms. The van der Waals surface area contributed by atoms with E-state index in [9.17, 15) is 8.42 Å². The van der Waals surface area contributed by atoms with Crippen LogP contribution in [0, 0.1) is 4.64 Å². The van der Waals surface area contributed by atoms with Crippen LogP contribution in [0.15, 0.2) is 36.5 Å². The molecular weight excluding hydrogens is 186 g/mol. The predicted molar refractivity (Wildman–Crippen MR) is 50.5 cm³/mol. The van der Waals surface area contributed by atoms with E-state index in [4.69, 9.17) is 0 Å². The van der Waals surface area contributed by atoms with Crippen molar-refractivity contribution < 1.29 is 8.42 Å². The average Bonchev–Trinajstić information content (AvgIpc) is 2.17. The highest BCUT2D eigenvalue weighted by molar-refractivity contribution is 7.64. The van der Waals surface area contributed by atoms with Crippen molar-refractivity contribution in [2.75, 3.05) is 0 Å². The highest BCUT2D eigenvalue weighted by Gasteiger charge is 1.93. The van der Waals surface area contributed by atoms with Crippen molar-refractivity contribution in [3.05, 3.63) is 41.2 Å². The molecule has 0 atom stereocenters. The van der Waals surface area contributed by atoms with Gasteiger partial charge in [-0.15, -0.1) is 0 Å². The largest absolute Gasteiger partial charge is 0.349 e. The van der Waals surface area contributed by atoms with Gasteiger partial charge in [-0.3, -0.25) is 0 Å². The summed E-state index contributed by atoms with van der Waals surface area (Å²) in [6, 6.07) is 9.18. The Balaban J connectivity index is 3.20. The molecule has 1 heterocycles. The topological polar surface area (TPSA) is 49.9 Å². The van der Waals surface area contributed by atoms with Gasteiger partial charge in [0.25, 0.3) is 0 Å². The number of hydrogen-bond acceptors (Lipinski definition) is 2. The molecule has 0 unspecified atom stereocenters. The summed E-state index contributed by atoms with van der Waals surface area (Å²) in [6.45, 7) is 0. The molecule has 0 aliphatic heterocycles. The summed E-state index contributed by atoms with van der Waals surface area (Å²) >= 11 is 0. The van der Waals surface area contributed by atoms with Crippen LogP contribution in [0.5, 0.6) is 0 Å². The van der Waals surface area contributed by atoms with Crippen LogP contribution in [0.1, 0.15) is 0 Å². The minimum atomic E-state index is -2.21. The number of pyridine rings is 1. The number of nitrogens with one attached hydrogen (secondary N) is 1. The molecule has 0 saturated carbocycles. The number of aromatic nitrogens is 1. The number of aromatic amines is 1. The van der Waals surface area contributed by atoms with Gasteiger partial charge in [-0.05, 0) is 11.5 Å². The van der Waals surface area contributed by atoms with Crippen molar-refractivity contribution >= 4 is 21.1 Å². The van der Waals surface area contributed by atoms with Crippen LogP contribution in [0.4, 0.5) is 0 Å². The van der Waals surface area contributed by atoms with E-state index in [1.54, 1.807) is 12.3 Å². The molecule has 3 nitrogen and oxygen atoms in total. The molecular formula is C9H7NO2S. The quantitative estimate of drug-likeness (QED) is 0.646. The molecule has 1 aromatic carbocycles. The molecule has 66 valence electrons. The van der Waals surface area contributed by atoms with Crippen LogP contribution in [0.2, 0.25) is 0 Å². The van der Waals surface area contributed by atoms with Crippen LogP contribution in [0.3, 0.4) is 0 Å². The second-order valence-electron chi connectivity index (χ2n) is 2.63. The third kappa shape index (κ3) is 1.36. The third-order valence-corrected chi connectivity index (χ3v) is 2.52. The molecule has 1 N–H and O–H groups in total. The standard InChI is InChI=1S/C9H7NO2S/c11-13(12)9-8-4-2-1-3-7(8)5-6-10-9/h1-6,10H. The summed E-state index contributed by atoms with van der Waals surface area (Å²) in [5.74, 6) is 0. The van der Waals surface area contributed by atoms with Gasteiger partial charge in [0, 0.05) is 11.6 Å². The van der Waals surface area contributed by atoms with E-state index in [0.29, 0.717) is 0 Å². The number of fused-ring (bicyclic) bond motifs is 1. The Kier molecular flexibility index (Phi) is 1.90. The lowest BCUT2D eigenvalue weighted by molar-refractivity contribution is 0.624. The van der Waals surface area contributed by atoms with E-state index in [1.807, 2.05) is 24.3 Å². The fourth-order valence-corrected chi connectivity index (χ4v) is 1.80. The third-order valence-electron chi connectivity index (χ3n) is 1.85. The van der Waals surface area contributed by atoms with Gasteiger partial charge in [-0.2, -0.15) is 8.42 Å². The van der Waals surface area contributed by atoms with Crippen LogP contribution < -0.4 is 0 Å². The molecule has 2 aromatic rings. The van der Waals surface area contributed by atoms with Crippen molar-refractivity contribution in [3.8, 4) is 0 Å². The average molecular weight is 193 g/mol. The van der Waals surface area contributed by atoms with Crippen molar-refractivity contribution in [1.29, 1.82) is 0 Å². The molecule has 0 amide bonds. The van der Waals surface area contributed by atoms with Gasteiger partial charge in [-0.1, -0.05) is 24.3 Å². The molecule has 1 aromatic heterocycles. The second-order valence-corrected chi connectivity index (χ2v) is 3.51. The van der Waals surface area contributed by atoms with E-state index >= 15 is 0 Å². The Bertz CT molecular complexity index is 597. The zero-order valence-corrected chi connectivity index (χ0v) is 7.51. The highest BCUT2D eigenvalue weighted by atomic mass is 32.2. The summed E-state index contributed by atoms with van der Waals surface area (Å²) in [4.78, 5) is 2.70. The van der Waals surface area contributed by atoms with E-state index in [1.165, 1.54) is 0 Å². The maximum absolute atomic E-state index is 10.8. The fraction of sp³-hybridized carbons (Fsp3) is 0. The van der Waals surface area contributed by atoms with Crippen molar-refractivity contribution in [2.45, 2.75) is 0 Å². The van der Waals surface area contributed by atoms with E-state index in [-0.39, 0.29) is 4.64 Å². The van der Waals surface area contributed by atoms with Gasteiger partial charge in [0.15, 0.2) is 4.64 Å². The summed E-state index contributed by atoms with van der Waals surface area (Å²) in [5.41, 5.74) is 0. The monoisotopic (exact) mass is 193 g/mol. The van der Waals surface area contributed by atoms with E-state index < -0.39 is 10.3 Å². The smallest absolute Gasteiger partial charge is 0.238 e. The SMILES string of the molecule is O=S(=O)=c1[nH]ccc2ccccc12. The Hall–Kier alpha value is -1.55. The van der Waals surface area contributed by atoms with Crippen molar-refractivity contribution in [3.63, 3.8) is 0 Å². The van der Waals surface area contributed by atoms with E-state index in [0.717, 1.165) is 10.8 Å². The number of hydrogen-bond donors (Lipinski definition) is 1. The first-order valence-corrected chi connectivity index (χ1v) is 4.85. The van der Waals surface area contributed by atoms with Crippen molar-refractivity contribution in [2.24, 2.45) is 0 Å². The Morgan fingerprint density at radius 2 is 1.85 bits per heavy atom. The van der Waals surface area contributed by atoms with Gasteiger partial charge in [0.05, 0.1) is 0 Å². The van der Waals surface area contributed by atoms with Gasteiger partial charge in [-0.25, -0.2) is 0 Å². The Morgan fingerprint density at radius 3 is 2.62 bits per heavy atom. The second kappa shape index (κ2) is 3.06. The fourth-order valence-electron chi connectivity index (χ4n) is 1.27. The van der Waals surface area contributed by atoms with Crippen LogP contribution in [-0.4, -0.2) is 13.4 Å². The molecule has 0 aliphatic rings.